The number of aromatic nitrogens is 1. The first-order valence-corrected chi connectivity index (χ1v) is 13.4. The van der Waals surface area contributed by atoms with Gasteiger partial charge < -0.3 is 19.1 Å². The van der Waals surface area contributed by atoms with Crippen molar-refractivity contribution in [1.82, 2.24) is 4.57 Å². The molecule has 3 aliphatic rings. The van der Waals surface area contributed by atoms with Gasteiger partial charge in [-0.25, -0.2) is 9.59 Å². The van der Waals surface area contributed by atoms with Crippen LogP contribution in [0.25, 0.3) is 16.5 Å². The number of carbonyl (C=O) groups excluding carboxylic acids is 1. The molecule has 1 fully saturated rings. The number of benzene rings is 1. The summed E-state index contributed by atoms with van der Waals surface area (Å²) in [7, 11) is 1.67. The number of rotatable bonds is 4. The van der Waals surface area contributed by atoms with Crippen molar-refractivity contribution in [2.45, 2.75) is 90.7 Å². The van der Waals surface area contributed by atoms with Crippen LogP contribution in [0.5, 0.6) is 0 Å². The van der Waals surface area contributed by atoms with Gasteiger partial charge >= 0.3 is 11.9 Å². The highest BCUT2D eigenvalue weighted by molar-refractivity contribution is 6.00. The van der Waals surface area contributed by atoms with E-state index < -0.39 is 11.6 Å². The van der Waals surface area contributed by atoms with Crippen LogP contribution in [-0.4, -0.2) is 34.3 Å². The van der Waals surface area contributed by atoms with Crippen LogP contribution in [0.1, 0.15) is 100 Å². The molecule has 0 atom stereocenters. The molecule has 1 aliphatic heterocycles. The minimum absolute atomic E-state index is 0.251. The van der Waals surface area contributed by atoms with Gasteiger partial charge in [-0.15, -0.1) is 0 Å². The highest BCUT2D eigenvalue weighted by Crippen LogP contribution is 2.48. The fourth-order valence-corrected chi connectivity index (χ4v) is 6.25. The zero-order valence-corrected chi connectivity index (χ0v) is 22.6. The van der Waals surface area contributed by atoms with E-state index in [1.165, 1.54) is 30.4 Å². The van der Waals surface area contributed by atoms with E-state index in [4.69, 9.17) is 9.47 Å². The number of fused-ring (bicyclic) bond motifs is 4. The number of aliphatic carboxylic acids is 1. The van der Waals surface area contributed by atoms with Crippen molar-refractivity contribution in [3.8, 4) is 0 Å². The van der Waals surface area contributed by atoms with Crippen LogP contribution in [0.2, 0.25) is 0 Å². The van der Waals surface area contributed by atoms with Crippen molar-refractivity contribution in [2.24, 2.45) is 0 Å². The Morgan fingerprint density at radius 1 is 1.08 bits per heavy atom. The number of ether oxygens (including phenoxy) is 2. The molecule has 1 aromatic heterocycles. The Hall–Kier alpha value is -3.28. The monoisotopic (exact) mass is 503 g/mol. The molecule has 6 nitrogen and oxygen atoms in total. The van der Waals surface area contributed by atoms with Crippen molar-refractivity contribution in [2.75, 3.05) is 7.11 Å². The SMILES string of the molecule is COC1=CC2=C(CC1)c1c(C3CCCCC3)c3ccc(C(=O)OC(C)(C)C)cc3n1CC(C(=O)O)=C2C. The van der Waals surface area contributed by atoms with E-state index in [0.29, 0.717) is 17.1 Å². The van der Waals surface area contributed by atoms with Crippen molar-refractivity contribution < 1.29 is 24.2 Å². The number of methoxy groups -OCH3 is 1. The summed E-state index contributed by atoms with van der Waals surface area (Å²) >= 11 is 0. The van der Waals surface area contributed by atoms with Crippen LogP contribution < -0.4 is 0 Å². The standard InChI is InChI=1S/C31H37NO5/c1-18-24-16-21(36-5)12-14-22(24)28-27(19-9-7-6-8-10-19)23-13-11-20(30(35)37-31(2,3)4)15-26(23)32(28)17-25(18)29(33)34/h11,13,15-16,19H,6-10,12,14,17H2,1-5H3,(H,33,34). The Kier molecular flexibility index (Phi) is 6.55. The molecule has 2 aliphatic carbocycles. The molecule has 37 heavy (non-hydrogen) atoms. The summed E-state index contributed by atoms with van der Waals surface area (Å²) in [5.74, 6) is -0.000320. The van der Waals surface area contributed by atoms with E-state index in [1.807, 2.05) is 45.9 Å². The number of nitrogens with zero attached hydrogens (tertiary/aromatic N) is 1. The van der Waals surface area contributed by atoms with Gasteiger partial charge in [0.2, 0.25) is 0 Å². The lowest BCUT2D eigenvalue weighted by molar-refractivity contribution is -0.132. The van der Waals surface area contributed by atoms with Gasteiger partial charge in [-0.1, -0.05) is 25.3 Å². The third kappa shape index (κ3) is 4.62. The lowest BCUT2D eigenvalue weighted by Gasteiger charge is -2.26. The van der Waals surface area contributed by atoms with Crippen LogP contribution in [-0.2, 0) is 20.8 Å². The number of carboxylic acids is 1. The van der Waals surface area contributed by atoms with E-state index in [-0.39, 0.29) is 12.5 Å². The Morgan fingerprint density at radius 2 is 1.81 bits per heavy atom. The maximum absolute atomic E-state index is 13.0. The molecule has 0 saturated heterocycles. The molecule has 196 valence electrons. The van der Waals surface area contributed by atoms with Gasteiger partial charge in [-0.2, -0.15) is 0 Å². The Labute approximate surface area is 218 Å². The van der Waals surface area contributed by atoms with Gasteiger partial charge in [0, 0.05) is 23.0 Å². The predicted molar refractivity (Wildman–Crippen MR) is 145 cm³/mol. The molecular formula is C31H37NO5. The number of hydrogen-bond acceptors (Lipinski definition) is 4. The van der Waals surface area contributed by atoms with Crippen LogP contribution in [0, 0.1) is 0 Å². The molecule has 2 heterocycles. The van der Waals surface area contributed by atoms with Gasteiger partial charge in [0.1, 0.15) is 5.60 Å². The Balaban J connectivity index is 1.81. The molecule has 0 radical (unpaired) electrons. The number of carbonyl (C=O) groups is 2. The Morgan fingerprint density at radius 3 is 2.46 bits per heavy atom. The highest BCUT2D eigenvalue weighted by Gasteiger charge is 2.34. The van der Waals surface area contributed by atoms with Gasteiger partial charge in [0.05, 0.1) is 30.6 Å². The average molecular weight is 504 g/mol. The molecule has 1 N–H and O–H groups in total. The summed E-state index contributed by atoms with van der Waals surface area (Å²) in [5.41, 5.74) is 6.54. The lowest BCUT2D eigenvalue weighted by atomic mass is 9.79. The van der Waals surface area contributed by atoms with Crippen LogP contribution in [0.15, 0.2) is 46.8 Å². The quantitative estimate of drug-likeness (QED) is 0.449. The lowest BCUT2D eigenvalue weighted by Crippen LogP contribution is -2.23. The van der Waals surface area contributed by atoms with Crippen molar-refractivity contribution in [1.29, 1.82) is 0 Å². The molecule has 0 unspecified atom stereocenters. The molecule has 5 rings (SSSR count). The molecule has 1 aromatic carbocycles. The summed E-state index contributed by atoms with van der Waals surface area (Å²) in [4.78, 5) is 25.5. The number of hydrogen-bond donors (Lipinski definition) is 1. The molecule has 1 saturated carbocycles. The second-order valence-electron chi connectivity index (χ2n) is 11.5. The molecular weight excluding hydrogens is 466 g/mol. The van der Waals surface area contributed by atoms with E-state index in [0.717, 1.165) is 59.2 Å². The molecule has 0 spiro atoms. The van der Waals surface area contributed by atoms with Crippen molar-refractivity contribution >= 4 is 28.4 Å². The van der Waals surface area contributed by atoms with E-state index in [1.54, 1.807) is 7.11 Å². The van der Waals surface area contributed by atoms with Crippen molar-refractivity contribution in [3.05, 3.63) is 63.6 Å². The second-order valence-corrected chi connectivity index (χ2v) is 11.5. The van der Waals surface area contributed by atoms with Gasteiger partial charge in [-0.05, 0) is 93.4 Å². The molecule has 2 aromatic rings. The number of carboxylic acid groups (broad SMARTS) is 1. The van der Waals surface area contributed by atoms with Gasteiger partial charge in [-0.3, -0.25) is 0 Å². The van der Waals surface area contributed by atoms with Gasteiger partial charge in [0.15, 0.2) is 0 Å². The normalized spacial score (nSPS) is 18.8. The Bertz CT molecular complexity index is 1370. The predicted octanol–water partition coefficient (Wildman–Crippen LogP) is 7.14. The van der Waals surface area contributed by atoms with Crippen LogP contribution in [0.3, 0.4) is 0 Å². The summed E-state index contributed by atoms with van der Waals surface area (Å²) in [5, 5.41) is 11.4. The first-order chi connectivity index (χ1) is 17.6. The van der Waals surface area contributed by atoms with Crippen LogP contribution >= 0.6 is 0 Å². The molecule has 0 bridgehead atoms. The summed E-state index contributed by atoms with van der Waals surface area (Å²) in [6, 6.07) is 5.82. The first-order valence-electron chi connectivity index (χ1n) is 13.4. The maximum atomic E-state index is 13.0. The number of allylic oxidation sites excluding steroid dienone is 5. The minimum Gasteiger partial charge on any atom is -0.501 e. The maximum Gasteiger partial charge on any atom is 0.338 e. The third-order valence-electron chi connectivity index (χ3n) is 7.98. The van der Waals surface area contributed by atoms with E-state index in [2.05, 4.69) is 10.6 Å². The first kappa shape index (κ1) is 25.4. The average Bonchev–Trinajstić information content (AvgIpc) is 3.12. The van der Waals surface area contributed by atoms with Crippen LogP contribution in [0.4, 0.5) is 0 Å². The summed E-state index contributed by atoms with van der Waals surface area (Å²) in [6.07, 6.45) is 9.49. The van der Waals surface area contributed by atoms with E-state index >= 15 is 0 Å². The smallest absolute Gasteiger partial charge is 0.338 e. The largest absolute Gasteiger partial charge is 0.501 e. The number of esters is 1. The van der Waals surface area contributed by atoms with E-state index in [9.17, 15) is 14.7 Å². The fraction of sp³-hybridized carbons (Fsp3) is 0.484. The topological polar surface area (TPSA) is 77.8 Å². The zero-order valence-electron chi connectivity index (χ0n) is 22.6. The second kappa shape index (κ2) is 9.55. The zero-order chi connectivity index (χ0) is 26.5. The summed E-state index contributed by atoms with van der Waals surface area (Å²) in [6.45, 7) is 7.74. The fourth-order valence-electron chi connectivity index (χ4n) is 6.25. The minimum atomic E-state index is -0.917. The molecule has 6 heteroatoms. The summed E-state index contributed by atoms with van der Waals surface area (Å²) < 4.78 is 13.4. The third-order valence-corrected chi connectivity index (χ3v) is 7.98. The van der Waals surface area contributed by atoms with Gasteiger partial charge in [0.25, 0.3) is 0 Å². The molecule has 0 amide bonds. The highest BCUT2D eigenvalue weighted by atomic mass is 16.6. The van der Waals surface area contributed by atoms with Crippen molar-refractivity contribution in [3.63, 3.8) is 0 Å².